The van der Waals surface area contributed by atoms with Crippen LogP contribution >= 0.6 is 11.8 Å². The molecule has 2 fully saturated rings. The SMILES string of the molecule is CC1(NC2=NCC3(CCCCC3)CS2)CCOC1. The van der Waals surface area contributed by atoms with Gasteiger partial charge in [0, 0.05) is 18.9 Å². The van der Waals surface area contributed by atoms with Gasteiger partial charge in [0.1, 0.15) is 0 Å². The average Bonchev–Trinajstić information content (AvgIpc) is 2.81. The monoisotopic (exact) mass is 268 g/mol. The van der Waals surface area contributed by atoms with E-state index in [0.29, 0.717) is 5.41 Å². The first-order valence-electron chi connectivity index (χ1n) is 7.23. The Hall–Kier alpha value is -0.220. The molecule has 2 heterocycles. The van der Waals surface area contributed by atoms with Crippen LogP contribution in [0.5, 0.6) is 0 Å². The van der Waals surface area contributed by atoms with E-state index in [2.05, 4.69) is 12.2 Å². The summed E-state index contributed by atoms with van der Waals surface area (Å²) in [6, 6.07) is 0. The number of amidine groups is 1. The van der Waals surface area contributed by atoms with Gasteiger partial charge in [-0.25, -0.2) is 0 Å². The molecule has 1 saturated carbocycles. The van der Waals surface area contributed by atoms with E-state index in [1.54, 1.807) is 0 Å². The van der Waals surface area contributed by atoms with Crippen molar-refractivity contribution in [2.75, 3.05) is 25.5 Å². The summed E-state index contributed by atoms with van der Waals surface area (Å²) in [4.78, 5) is 4.83. The molecule has 0 amide bonds. The van der Waals surface area contributed by atoms with E-state index in [9.17, 15) is 0 Å². The van der Waals surface area contributed by atoms with Gasteiger partial charge in [0.05, 0.1) is 12.1 Å². The van der Waals surface area contributed by atoms with E-state index in [-0.39, 0.29) is 5.54 Å². The van der Waals surface area contributed by atoms with Crippen LogP contribution in [0.15, 0.2) is 4.99 Å². The van der Waals surface area contributed by atoms with E-state index in [1.165, 1.54) is 37.9 Å². The van der Waals surface area contributed by atoms with Gasteiger partial charge in [0.2, 0.25) is 0 Å². The van der Waals surface area contributed by atoms with E-state index < -0.39 is 0 Å². The van der Waals surface area contributed by atoms with Crippen molar-refractivity contribution in [1.29, 1.82) is 0 Å². The Kier molecular flexibility index (Phi) is 3.59. The van der Waals surface area contributed by atoms with E-state index >= 15 is 0 Å². The average molecular weight is 268 g/mol. The molecule has 3 rings (SSSR count). The summed E-state index contributed by atoms with van der Waals surface area (Å²) in [6.07, 6.45) is 8.11. The number of ether oxygens (including phenoxy) is 1. The Morgan fingerprint density at radius 2 is 2.06 bits per heavy atom. The summed E-state index contributed by atoms with van der Waals surface area (Å²) in [5.41, 5.74) is 0.643. The van der Waals surface area contributed by atoms with Crippen molar-refractivity contribution < 1.29 is 4.74 Å². The molecule has 0 bridgehead atoms. The number of rotatable bonds is 1. The number of hydrogen-bond donors (Lipinski definition) is 1. The third kappa shape index (κ3) is 2.69. The molecule has 0 radical (unpaired) electrons. The molecule has 1 spiro atoms. The number of aliphatic imine (C=N–C) groups is 1. The molecular formula is C14H24N2OS. The fourth-order valence-electron chi connectivity index (χ4n) is 3.26. The lowest BCUT2D eigenvalue weighted by molar-refractivity contribution is 0.177. The van der Waals surface area contributed by atoms with Crippen molar-refractivity contribution in [3.05, 3.63) is 0 Å². The Morgan fingerprint density at radius 1 is 1.22 bits per heavy atom. The van der Waals surface area contributed by atoms with Crippen LogP contribution in [0.3, 0.4) is 0 Å². The van der Waals surface area contributed by atoms with Gasteiger partial charge in [0.15, 0.2) is 5.17 Å². The van der Waals surface area contributed by atoms with Crippen LogP contribution in [0.1, 0.15) is 45.4 Å². The summed E-state index contributed by atoms with van der Waals surface area (Å²) < 4.78 is 5.48. The zero-order valence-corrected chi connectivity index (χ0v) is 12.2. The topological polar surface area (TPSA) is 33.6 Å². The minimum atomic E-state index is 0.114. The van der Waals surface area contributed by atoms with Gasteiger partial charge in [-0.1, -0.05) is 31.0 Å². The summed E-state index contributed by atoms with van der Waals surface area (Å²) in [6.45, 7) is 4.98. The van der Waals surface area contributed by atoms with Crippen LogP contribution in [-0.2, 0) is 4.74 Å². The van der Waals surface area contributed by atoms with Crippen molar-refractivity contribution in [3.63, 3.8) is 0 Å². The fourth-order valence-corrected chi connectivity index (χ4v) is 4.55. The van der Waals surface area contributed by atoms with Crippen LogP contribution in [0, 0.1) is 5.41 Å². The molecule has 18 heavy (non-hydrogen) atoms. The van der Waals surface area contributed by atoms with Gasteiger partial charge in [-0.15, -0.1) is 0 Å². The van der Waals surface area contributed by atoms with Crippen LogP contribution in [-0.4, -0.2) is 36.2 Å². The third-order valence-corrected chi connectivity index (χ3v) is 5.88. The standard InChI is InChI=1S/C14H24N2OS/c1-13(7-8-17-10-13)16-12-15-9-14(11-18-12)5-3-2-4-6-14/h2-11H2,1H3,(H,15,16). The Labute approximate surface area is 114 Å². The van der Waals surface area contributed by atoms with Gasteiger partial charge in [-0.2, -0.15) is 0 Å². The van der Waals surface area contributed by atoms with Crippen molar-refractivity contribution >= 4 is 16.9 Å². The molecule has 0 aromatic rings. The smallest absolute Gasteiger partial charge is 0.157 e. The van der Waals surface area contributed by atoms with Crippen LogP contribution in [0.2, 0.25) is 0 Å². The first kappa shape index (κ1) is 12.8. The van der Waals surface area contributed by atoms with Crippen LogP contribution in [0.4, 0.5) is 0 Å². The molecule has 0 aromatic heterocycles. The second kappa shape index (κ2) is 5.04. The molecule has 1 saturated heterocycles. The molecule has 4 heteroatoms. The maximum atomic E-state index is 5.48. The molecule has 1 aliphatic carbocycles. The van der Waals surface area contributed by atoms with Gasteiger partial charge in [0.25, 0.3) is 0 Å². The molecule has 1 atom stereocenters. The quantitative estimate of drug-likeness (QED) is 0.794. The Balaban J connectivity index is 1.59. The van der Waals surface area contributed by atoms with Crippen molar-refractivity contribution in [3.8, 4) is 0 Å². The second-order valence-corrected chi connectivity index (χ2v) is 7.42. The lowest BCUT2D eigenvalue weighted by Crippen LogP contribution is -2.47. The predicted octanol–water partition coefficient (Wildman–Crippen LogP) is 2.81. The Bertz CT molecular complexity index is 331. The lowest BCUT2D eigenvalue weighted by atomic mass is 9.75. The second-order valence-electron chi connectivity index (χ2n) is 6.46. The summed E-state index contributed by atoms with van der Waals surface area (Å²) in [5.74, 6) is 1.26. The fraction of sp³-hybridized carbons (Fsp3) is 0.929. The van der Waals surface area contributed by atoms with Crippen molar-refractivity contribution in [2.24, 2.45) is 10.4 Å². The highest BCUT2D eigenvalue weighted by Gasteiger charge is 2.37. The number of nitrogens with one attached hydrogen (secondary N) is 1. The van der Waals surface area contributed by atoms with Gasteiger partial charge >= 0.3 is 0 Å². The van der Waals surface area contributed by atoms with Gasteiger partial charge in [-0.05, 0) is 31.6 Å². The first-order chi connectivity index (χ1) is 8.70. The minimum Gasteiger partial charge on any atom is -0.379 e. The van der Waals surface area contributed by atoms with Gasteiger partial charge in [-0.3, -0.25) is 4.99 Å². The number of thioether (sulfide) groups is 1. The highest BCUT2D eigenvalue weighted by atomic mass is 32.2. The zero-order chi connectivity index (χ0) is 12.5. The van der Waals surface area contributed by atoms with E-state index in [0.717, 1.165) is 31.3 Å². The first-order valence-corrected chi connectivity index (χ1v) is 8.22. The summed E-state index contributed by atoms with van der Waals surface area (Å²) in [5, 5.41) is 4.76. The highest BCUT2D eigenvalue weighted by molar-refractivity contribution is 8.13. The molecule has 2 aliphatic heterocycles. The molecular weight excluding hydrogens is 244 g/mol. The molecule has 1 N–H and O–H groups in total. The van der Waals surface area contributed by atoms with E-state index in [1.807, 2.05) is 11.8 Å². The molecule has 102 valence electrons. The van der Waals surface area contributed by atoms with Crippen molar-refractivity contribution in [2.45, 2.75) is 51.0 Å². The highest BCUT2D eigenvalue weighted by Crippen LogP contribution is 2.41. The maximum absolute atomic E-state index is 5.48. The normalized spacial score (nSPS) is 35.5. The predicted molar refractivity (Wildman–Crippen MR) is 77.3 cm³/mol. The van der Waals surface area contributed by atoms with Crippen LogP contribution < -0.4 is 5.32 Å². The molecule has 3 aliphatic rings. The third-order valence-electron chi connectivity index (χ3n) is 4.61. The molecule has 0 aromatic carbocycles. The molecule has 1 unspecified atom stereocenters. The lowest BCUT2D eigenvalue weighted by Gasteiger charge is -2.39. The number of nitrogens with zero attached hydrogens (tertiary/aromatic N) is 1. The minimum absolute atomic E-state index is 0.114. The van der Waals surface area contributed by atoms with Crippen LogP contribution in [0.25, 0.3) is 0 Å². The van der Waals surface area contributed by atoms with Crippen molar-refractivity contribution in [1.82, 2.24) is 5.32 Å². The number of hydrogen-bond acceptors (Lipinski definition) is 4. The zero-order valence-electron chi connectivity index (χ0n) is 11.3. The largest absolute Gasteiger partial charge is 0.379 e. The molecule has 3 nitrogen and oxygen atoms in total. The summed E-state index contributed by atoms with van der Waals surface area (Å²) in [7, 11) is 0. The summed E-state index contributed by atoms with van der Waals surface area (Å²) >= 11 is 1.94. The Morgan fingerprint density at radius 3 is 2.67 bits per heavy atom. The van der Waals surface area contributed by atoms with E-state index in [4.69, 9.17) is 9.73 Å². The van der Waals surface area contributed by atoms with Gasteiger partial charge < -0.3 is 10.1 Å². The maximum Gasteiger partial charge on any atom is 0.157 e.